The molecule has 1 saturated carbocycles. The molecule has 1 aromatic rings. The van der Waals surface area contributed by atoms with Crippen molar-refractivity contribution in [1.29, 1.82) is 0 Å². The number of carbonyl (C=O) groups excluding carboxylic acids is 1. The SMILES string of the molecule is COc1ccc(OCC(=O)N[C@H]2CCCC[C@@H]2C)c(C(=O)O)c1. The molecule has 2 N–H and O–H groups in total. The molecule has 23 heavy (non-hydrogen) atoms. The van der Waals surface area contributed by atoms with Crippen molar-refractivity contribution in [2.24, 2.45) is 5.92 Å². The van der Waals surface area contributed by atoms with E-state index in [9.17, 15) is 14.7 Å². The molecule has 1 aliphatic rings. The smallest absolute Gasteiger partial charge is 0.339 e. The molecule has 126 valence electrons. The molecule has 6 nitrogen and oxygen atoms in total. The number of amides is 1. The molecular weight excluding hydrogens is 298 g/mol. The van der Waals surface area contributed by atoms with Crippen LogP contribution in [0, 0.1) is 5.92 Å². The van der Waals surface area contributed by atoms with Crippen LogP contribution in [0.1, 0.15) is 43.0 Å². The van der Waals surface area contributed by atoms with Gasteiger partial charge < -0.3 is 19.9 Å². The molecule has 0 aromatic heterocycles. The van der Waals surface area contributed by atoms with Crippen molar-refractivity contribution in [2.45, 2.75) is 38.6 Å². The lowest BCUT2D eigenvalue weighted by atomic mass is 9.86. The molecule has 2 atom stereocenters. The summed E-state index contributed by atoms with van der Waals surface area (Å²) in [5, 5.41) is 12.2. The molecule has 0 bridgehead atoms. The highest BCUT2D eigenvalue weighted by Crippen LogP contribution is 2.25. The molecule has 0 unspecified atom stereocenters. The Kier molecular flexibility index (Phi) is 5.84. The topological polar surface area (TPSA) is 84.9 Å². The van der Waals surface area contributed by atoms with E-state index < -0.39 is 5.97 Å². The number of carbonyl (C=O) groups is 2. The summed E-state index contributed by atoms with van der Waals surface area (Å²) in [4.78, 5) is 23.3. The highest BCUT2D eigenvalue weighted by atomic mass is 16.5. The number of methoxy groups -OCH3 is 1. The van der Waals surface area contributed by atoms with Crippen LogP contribution in [0.4, 0.5) is 0 Å². The number of ether oxygens (including phenoxy) is 2. The minimum absolute atomic E-state index is 0.0248. The van der Waals surface area contributed by atoms with Gasteiger partial charge in [-0.3, -0.25) is 4.79 Å². The molecule has 1 amide bonds. The zero-order chi connectivity index (χ0) is 16.8. The van der Waals surface area contributed by atoms with Crippen molar-refractivity contribution in [3.8, 4) is 11.5 Å². The van der Waals surface area contributed by atoms with Crippen LogP contribution in [0.15, 0.2) is 18.2 Å². The zero-order valence-corrected chi connectivity index (χ0v) is 13.5. The summed E-state index contributed by atoms with van der Waals surface area (Å²) < 4.78 is 10.4. The number of rotatable bonds is 6. The summed E-state index contributed by atoms with van der Waals surface area (Å²) in [6.07, 6.45) is 4.43. The van der Waals surface area contributed by atoms with E-state index in [0.29, 0.717) is 11.7 Å². The standard InChI is InChI=1S/C17H23NO5/c1-11-5-3-4-6-14(11)18-16(19)10-23-15-8-7-12(22-2)9-13(15)17(20)21/h7-9,11,14H,3-6,10H2,1-2H3,(H,18,19)(H,20,21)/t11-,14-/m0/s1. The van der Waals surface area contributed by atoms with Crippen molar-refractivity contribution >= 4 is 11.9 Å². The minimum atomic E-state index is -1.12. The second-order valence-corrected chi connectivity index (χ2v) is 5.89. The lowest BCUT2D eigenvalue weighted by Gasteiger charge is -2.29. The van der Waals surface area contributed by atoms with E-state index in [-0.39, 0.29) is 29.9 Å². The largest absolute Gasteiger partial charge is 0.497 e. The number of benzene rings is 1. The van der Waals surface area contributed by atoms with E-state index in [1.54, 1.807) is 6.07 Å². The first-order chi connectivity index (χ1) is 11.0. The second kappa shape index (κ2) is 7.85. The number of aromatic carboxylic acids is 1. The lowest BCUT2D eigenvalue weighted by molar-refractivity contribution is -0.124. The quantitative estimate of drug-likeness (QED) is 0.841. The third-order valence-electron chi connectivity index (χ3n) is 4.23. The Labute approximate surface area is 135 Å². The van der Waals surface area contributed by atoms with Gasteiger partial charge in [0.1, 0.15) is 17.1 Å². The summed E-state index contributed by atoms with van der Waals surface area (Å²) in [6, 6.07) is 4.65. The summed E-state index contributed by atoms with van der Waals surface area (Å²) in [5.41, 5.74) is -0.0248. The Hall–Kier alpha value is -2.24. The Morgan fingerprint density at radius 2 is 2.04 bits per heavy atom. The molecule has 0 radical (unpaired) electrons. The van der Waals surface area contributed by atoms with Crippen LogP contribution in [0.3, 0.4) is 0 Å². The number of hydrogen-bond acceptors (Lipinski definition) is 4. The number of carboxylic acid groups (broad SMARTS) is 1. The second-order valence-electron chi connectivity index (χ2n) is 5.89. The van der Waals surface area contributed by atoms with Crippen molar-refractivity contribution in [3.63, 3.8) is 0 Å². The predicted octanol–water partition coefficient (Wildman–Crippen LogP) is 2.47. The number of hydrogen-bond donors (Lipinski definition) is 2. The molecule has 1 aromatic carbocycles. The summed E-state index contributed by atoms with van der Waals surface area (Å²) >= 11 is 0. The van der Waals surface area contributed by atoms with Crippen LogP contribution in [-0.4, -0.2) is 36.7 Å². The van der Waals surface area contributed by atoms with Gasteiger partial charge in [0.25, 0.3) is 5.91 Å². The highest BCUT2D eigenvalue weighted by molar-refractivity contribution is 5.91. The average Bonchev–Trinajstić information content (AvgIpc) is 2.54. The van der Waals surface area contributed by atoms with Gasteiger partial charge in [0.05, 0.1) is 7.11 Å². The van der Waals surface area contributed by atoms with Crippen molar-refractivity contribution in [2.75, 3.05) is 13.7 Å². The molecule has 0 saturated heterocycles. The van der Waals surface area contributed by atoms with Crippen LogP contribution in [0.2, 0.25) is 0 Å². The van der Waals surface area contributed by atoms with Crippen molar-refractivity contribution in [3.05, 3.63) is 23.8 Å². The Balaban J connectivity index is 1.94. The first-order valence-electron chi connectivity index (χ1n) is 7.84. The first-order valence-corrected chi connectivity index (χ1v) is 7.84. The number of nitrogens with one attached hydrogen (secondary N) is 1. The van der Waals surface area contributed by atoms with Crippen LogP contribution in [-0.2, 0) is 4.79 Å². The van der Waals surface area contributed by atoms with Gasteiger partial charge in [0.15, 0.2) is 6.61 Å². The maximum absolute atomic E-state index is 12.0. The normalized spacial score (nSPS) is 20.6. The van der Waals surface area contributed by atoms with Gasteiger partial charge in [-0.05, 0) is 37.0 Å². The Morgan fingerprint density at radius 3 is 2.70 bits per heavy atom. The molecule has 2 rings (SSSR count). The lowest BCUT2D eigenvalue weighted by Crippen LogP contribution is -2.43. The summed E-state index contributed by atoms with van der Waals surface area (Å²) in [7, 11) is 1.46. The Bertz CT molecular complexity index is 572. The zero-order valence-electron chi connectivity index (χ0n) is 13.5. The predicted molar refractivity (Wildman–Crippen MR) is 85.0 cm³/mol. The fraction of sp³-hybridized carbons (Fsp3) is 0.529. The third-order valence-corrected chi connectivity index (χ3v) is 4.23. The molecule has 1 fully saturated rings. The fourth-order valence-corrected chi connectivity index (χ4v) is 2.85. The van der Waals surface area contributed by atoms with Crippen LogP contribution < -0.4 is 14.8 Å². The Morgan fingerprint density at radius 1 is 1.30 bits per heavy atom. The molecule has 6 heteroatoms. The maximum atomic E-state index is 12.0. The van der Waals surface area contributed by atoms with Gasteiger partial charge in [-0.2, -0.15) is 0 Å². The van der Waals surface area contributed by atoms with Gasteiger partial charge in [0, 0.05) is 6.04 Å². The van der Waals surface area contributed by atoms with Crippen LogP contribution in [0.5, 0.6) is 11.5 Å². The minimum Gasteiger partial charge on any atom is -0.497 e. The maximum Gasteiger partial charge on any atom is 0.339 e. The first kappa shape index (κ1) is 17.1. The van der Waals surface area contributed by atoms with Crippen molar-refractivity contribution in [1.82, 2.24) is 5.32 Å². The third kappa shape index (κ3) is 4.61. The van der Waals surface area contributed by atoms with Gasteiger partial charge >= 0.3 is 5.97 Å². The van der Waals surface area contributed by atoms with Gasteiger partial charge in [-0.15, -0.1) is 0 Å². The van der Waals surface area contributed by atoms with E-state index in [1.807, 2.05) is 0 Å². The van der Waals surface area contributed by atoms with E-state index in [2.05, 4.69) is 12.2 Å². The number of carboxylic acids is 1. The van der Waals surface area contributed by atoms with E-state index in [0.717, 1.165) is 19.3 Å². The fourth-order valence-electron chi connectivity index (χ4n) is 2.85. The molecule has 0 aliphatic heterocycles. The van der Waals surface area contributed by atoms with E-state index in [4.69, 9.17) is 9.47 Å². The van der Waals surface area contributed by atoms with Gasteiger partial charge in [0.2, 0.25) is 0 Å². The molecule has 0 heterocycles. The average molecular weight is 321 g/mol. The van der Waals surface area contributed by atoms with Gasteiger partial charge in [-0.25, -0.2) is 4.79 Å². The van der Waals surface area contributed by atoms with Crippen molar-refractivity contribution < 1.29 is 24.2 Å². The van der Waals surface area contributed by atoms with Crippen LogP contribution >= 0.6 is 0 Å². The summed E-state index contributed by atoms with van der Waals surface area (Å²) in [5.74, 6) is -0.306. The molecule has 1 aliphatic carbocycles. The van der Waals surface area contributed by atoms with Gasteiger partial charge in [-0.1, -0.05) is 19.8 Å². The summed E-state index contributed by atoms with van der Waals surface area (Å²) in [6.45, 7) is 1.94. The monoisotopic (exact) mass is 321 g/mol. The van der Waals surface area contributed by atoms with E-state index in [1.165, 1.54) is 25.7 Å². The molecule has 0 spiro atoms. The highest BCUT2D eigenvalue weighted by Gasteiger charge is 2.23. The van der Waals surface area contributed by atoms with Crippen LogP contribution in [0.25, 0.3) is 0 Å². The molecular formula is C17H23NO5. The van der Waals surface area contributed by atoms with E-state index >= 15 is 0 Å².